The van der Waals surface area contributed by atoms with Crippen LogP contribution >= 0.6 is 0 Å². The lowest BCUT2D eigenvalue weighted by molar-refractivity contribution is 1.31. The van der Waals surface area contributed by atoms with Crippen molar-refractivity contribution in [3.05, 3.63) is 66.5 Å². The zero-order valence-corrected chi connectivity index (χ0v) is 8.90. The van der Waals surface area contributed by atoms with Crippen molar-refractivity contribution in [1.29, 1.82) is 0 Å². The van der Waals surface area contributed by atoms with Crippen molar-refractivity contribution >= 4 is 5.69 Å². The van der Waals surface area contributed by atoms with Gasteiger partial charge < -0.3 is 11.1 Å². The summed E-state index contributed by atoms with van der Waals surface area (Å²) in [5.41, 5.74) is 8.34. The summed E-state index contributed by atoms with van der Waals surface area (Å²) in [7, 11) is 0. The van der Waals surface area contributed by atoms with Crippen molar-refractivity contribution in [3.8, 4) is 0 Å². The number of hydrogen-bond acceptors (Lipinski definition) is 2. The summed E-state index contributed by atoms with van der Waals surface area (Å²) in [6.45, 7) is 5.65. The summed E-state index contributed by atoms with van der Waals surface area (Å²) in [6, 6.07) is 9.86. The summed E-state index contributed by atoms with van der Waals surface area (Å²) in [5.74, 6) is 0. The summed E-state index contributed by atoms with van der Waals surface area (Å²) >= 11 is 0. The predicted molar refractivity (Wildman–Crippen MR) is 66.3 cm³/mol. The minimum atomic E-state index is 0.677. The number of benzene rings is 1. The number of anilines is 1. The Labute approximate surface area is 90.8 Å². The van der Waals surface area contributed by atoms with Gasteiger partial charge in [-0.25, -0.2) is 0 Å². The maximum absolute atomic E-state index is 5.85. The normalized spacial score (nSPS) is 12.3. The van der Waals surface area contributed by atoms with Crippen LogP contribution in [0.15, 0.2) is 66.5 Å². The first-order valence-corrected chi connectivity index (χ1v) is 4.85. The predicted octanol–water partition coefficient (Wildman–Crippen LogP) is 3.03. The van der Waals surface area contributed by atoms with E-state index in [1.54, 1.807) is 6.08 Å². The second-order valence-corrected chi connectivity index (χ2v) is 3.06. The van der Waals surface area contributed by atoms with E-state index in [9.17, 15) is 0 Å². The molecule has 0 saturated heterocycles. The minimum Gasteiger partial charge on any atom is -0.397 e. The fourth-order valence-corrected chi connectivity index (χ4v) is 1.19. The molecule has 0 saturated carbocycles. The summed E-state index contributed by atoms with van der Waals surface area (Å²) < 4.78 is 0. The molecule has 0 aromatic heterocycles. The number of nitrogens with two attached hydrogens (primary N) is 1. The Balaban J connectivity index is 2.87. The van der Waals surface area contributed by atoms with Crippen LogP contribution < -0.4 is 11.1 Å². The molecule has 1 aromatic carbocycles. The van der Waals surface area contributed by atoms with Gasteiger partial charge in [0.25, 0.3) is 0 Å². The Hall–Kier alpha value is -1.96. The maximum atomic E-state index is 5.85. The Bertz CT molecular complexity index is 375. The zero-order valence-electron chi connectivity index (χ0n) is 8.90. The zero-order chi connectivity index (χ0) is 11.1. The van der Waals surface area contributed by atoms with E-state index in [0.29, 0.717) is 5.70 Å². The average Bonchev–Trinajstić information content (AvgIpc) is 2.27. The smallest absolute Gasteiger partial charge is 0.0611 e. The van der Waals surface area contributed by atoms with E-state index in [4.69, 9.17) is 5.73 Å². The van der Waals surface area contributed by atoms with Crippen LogP contribution in [0, 0.1) is 0 Å². The first-order valence-electron chi connectivity index (χ1n) is 4.85. The maximum Gasteiger partial charge on any atom is 0.0611 e. The highest BCUT2D eigenvalue weighted by molar-refractivity contribution is 5.52. The first-order chi connectivity index (χ1) is 7.27. The van der Waals surface area contributed by atoms with Gasteiger partial charge in [-0.2, -0.15) is 0 Å². The summed E-state index contributed by atoms with van der Waals surface area (Å²) in [6.07, 6.45) is 5.45. The highest BCUT2D eigenvalue weighted by Crippen LogP contribution is 2.11. The molecule has 0 radical (unpaired) electrons. The van der Waals surface area contributed by atoms with E-state index in [0.717, 1.165) is 11.4 Å². The van der Waals surface area contributed by atoms with E-state index >= 15 is 0 Å². The second kappa shape index (κ2) is 5.70. The number of nitrogens with one attached hydrogen (secondary N) is 1. The van der Waals surface area contributed by atoms with Crippen molar-refractivity contribution in [1.82, 2.24) is 0 Å². The van der Waals surface area contributed by atoms with Crippen LogP contribution in [0.4, 0.5) is 5.69 Å². The molecule has 3 N–H and O–H groups in total. The largest absolute Gasteiger partial charge is 0.397 e. The van der Waals surface area contributed by atoms with Gasteiger partial charge in [0.15, 0.2) is 0 Å². The fraction of sp³-hybridized carbons (Fsp3) is 0.0769. The van der Waals surface area contributed by atoms with Crippen molar-refractivity contribution in [2.24, 2.45) is 5.73 Å². The van der Waals surface area contributed by atoms with Crippen LogP contribution in [0.2, 0.25) is 0 Å². The lowest BCUT2D eigenvalue weighted by Crippen LogP contribution is -2.06. The molecule has 78 valence electrons. The van der Waals surface area contributed by atoms with E-state index in [1.807, 2.05) is 49.4 Å². The quantitative estimate of drug-likeness (QED) is 0.733. The molecule has 0 fully saturated rings. The third-order valence-electron chi connectivity index (χ3n) is 1.91. The molecule has 2 heteroatoms. The standard InChI is InChI=1S/C13H16N2/c1-3-8-12(14)13(4-2)15-11-9-6-5-7-10-11/h3-10,15H,2,14H2,1H3/b8-3-,13-12-. The van der Waals surface area contributed by atoms with Crippen LogP contribution in [-0.2, 0) is 0 Å². The molecule has 0 aliphatic heterocycles. The van der Waals surface area contributed by atoms with Crippen molar-refractivity contribution < 1.29 is 0 Å². The van der Waals surface area contributed by atoms with Gasteiger partial charge in [0, 0.05) is 5.69 Å². The number of hydrogen-bond donors (Lipinski definition) is 2. The molecule has 0 aliphatic rings. The second-order valence-electron chi connectivity index (χ2n) is 3.06. The molecule has 15 heavy (non-hydrogen) atoms. The van der Waals surface area contributed by atoms with Crippen LogP contribution in [0.3, 0.4) is 0 Å². The minimum absolute atomic E-state index is 0.677. The van der Waals surface area contributed by atoms with Crippen LogP contribution in [0.1, 0.15) is 6.92 Å². The number of rotatable bonds is 4. The van der Waals surface area contributed by atoms with Gasteiger partial charge in [0.2, 0.25) is 0 Å². The molecule has 1 rings (SSSR count). The highest BCUT2D eigenvalue weighted by atomic mass is 14.9. The molecule has 0 unspecified atom stereocenters. The van der Waals surface area contributed by atoms with Gasteiger partial charge in [-0.3, -0.25) is 0 Å². The molecular weight excluding hydrogens is 184 g/mol. The molecule has 0 bridgehead atoms. The third kappa shape index (κ3) is 3.35. The number of para-hydroxylation sites is 1. The van der Waals surface area contributed by atoms with Gasteiger partial charge in [-0.1, -0.05) is 30.9 Å². The topological polar surface area (TPSA) is 38.0 Å². The SMILES string of the molecule is C=C/C(Nc1ccccc1)=C(N)\C=C/C. The Morgan fingerprint density at radius 2 is 2.00 bits per heavy atom. The molecule has 0 heterocycles. The van der Waals surface area contributed by atoms with Crippen molar-refractivity contribution in [2.75, 3.05) is 5.32 Å². The molecule has 1 aromatic rings. The Morgan fingerprint density at radius 3 is 2.53 bits per heavy atom. The molecule has 0 aliphatic carbocycles. The van der Waals surface area contributed by atoms with Crippen molar-refractivity contribution in [3.63, 3.8) is 0 Å². The average molecular weight is 200 g/mol. The molecule has 2 nitrogen and oxygen atoms in total. The van der Waals surface area contributed by atoms with Crippen LogP contribution in [-0.4, -0.2) is 0 Å². The van der Waals surface area contributed by atoms with Gasteiger partial charge in [0.05, 0.1) is 11.4 Å². The lowest BCUT2D eigenvalue weighted by Gasteiger charge is -2.08. The lowest BCUT2D eigenvalue weighted by atomic mass is 10.2. The van der Waals surface area contributed by atoms with Gasteiger partial charge in [-0.05, 0) is 31.2 Å². The highest BCUT2D eigenvalue weighted by Gasteiger charge is 1.96. The molecular formula is C13H16N2. The van der Waals surface area contributed by atoms with E-state index in [-0.39, 0.29) is 0 Å². The first kappa shape index (κ1) is 11.1. The molecule has 0 atom stereocenters. The summed E-state index contributed by atoms with van der Waals surface area (Å²) in [5, 5.41) is 3.20. The van der Waals surface area contributed by atoms with E-state index in [1.165, 1.54) is 0 Å². The van der Waals surface area contributed by atoms with Crippen LogP contribution in [0.5, 0.6) is 0 Å². The monoisotopic (exact) mass is 200 g/mol. The third-order valence-corrected chi connectivity index (χ3v) is 1.91. The Kier molecular flexibility index (Phi) is 4.23. The van der Waals surface area contributed by atoms with Gasteiger partial charge in [-0.15, -0.1) is 0 Å². The Morgan fingerprint density at radius 1 is 1.33 bits per heavy atom. The molecule has 0 amide bonds. The van der Waals surface area contributed by atoms with E-state index < -0.39 is 0 Å². The van der Waals surface area contributed by atoms with Crippen molar-refractivity contribution in [2.45, 2.75) is 6.92 Å². The van der Waals surface area contributed by atoms with Crippen LogP contribution in [0.25, 0.3) is 0 Å². The number of allylic oxidation sites excluding steroid dienone is 3. The van der Waals surface area contributed by atoms with Gasteiger partial charge >= 0.3 is 0 Å². The fourth-order valence-electron chi connectivity index (χ4n) is 1.19. The molecule has 0 spiro atoms. The summed E-state index contributed by atoms with van der Waals surface area (Å²) in [4.78, 5) is 0. The van der Waals surface area contributed by atoms with Gasteiger partial charge in [0.1, 0.15) is 0 Å². The van der Waals surface area contributed by atoms with E-state index in [2.05, 4.69) is 11.9 Å².